The van der Waals surface area contributed by atoms with Crippen molar-refractivity contribution >= 4 is 5.91 Å². The number of hydrogen-bond acceptors (Lipinski definition) is 3. The summed E-state index contributed by atoms with van der Waals surface area (Å²) in [5.74, 6) is 0.309. The summed E-state index contributed by atoms with van der Waals surface area (Å²) >= 11 is 0. The van der Waals surface area contributed by atoms with Crippen molar-refractivity contribution in [3.63, 3.8) is 0 Å². The van der Waals surface area contributed by atoms with Crippen LogP contribution in [0.5, 0.6) is 0 Å². The molecule has 1 amide bonds. The Balaban J connectivity index is 1.80. The molecule has 3 fully saturated rings. The number of carbonyl (C=O) groups excluding carboxylic acids is 1. The highest BCUT2D eigenvalue weighted by molar-refractivity contribution is 5.86. The zero-order valence-electron chi connectivity index (χ0n) is 13.4. The van der Waals surface area contributed by atoms with Gasteiger partial charge in [-0.25, -0.2) is 0 Å². The first-order valence-electron chi connectivity index (χ1n) is 8.80. The van der Waals surface area contributed by atoms with E-state index in [1.807, 2.05) is 11.8 Å². The molecule has 2 heterocycles. The van der Waals surface area contributed by atoms with Crippen LogP contribution in [0.4, 0.5) is 0 Å². The lowest BCUT2D eigenvalue weighted by Crippen LogP contribution is -2.62. The largest absolute Gasteiger partial charge is 0.388 e. The predicted octanol–water partition coefficient (Wildman–Crippen LogP) is 2.16. The number of nitrogens with zero attached hydrogens (tertiary/aromatic N) is 2. The van der Waals surface area contributed by atoms with E-state index in [1.54, 1.807) is 0 Å². The molecule has 4 nitrogen and oxygen atoms in total. The van der Waals surface area contributed by atoms with E-state index in [0.29, 0.717) is 12.5 Å². The standard InChI is InChI=1S/C17H30N2O2/c1-16(21)8-7-11-18(14-16)15(20)17(9-3-2-4-10-17)19-12-5-6-13-19/h21H,2-14H2,1H3. The van der Waals surface area contributed by atoms with Crippen LogP contribution in [0.25, 0.3) is 0 Å². The monoisotopic (exact) mass is 294 g/mol. The van der Waals surface area contributed by atoms with E-state index in [-0.39, 0.29) is 5.54 Å². The van der Waals surface area contributed by atoms with Crippen LogP contribution in [0, 0.1) is 0 Å². The molecule has 1 atom stereocenters. The summed E-state index contributed by atoms with van der Waals surface area (Å²) in [5.41, 5.74) is -0.947. The Hall–Kier alpha value is -0.610. The van der Waals surface area contributed by atoms with Crippen LogP contribution < -0.4 is 0 Å². The van der Waals surface area contributed by atoms with Crippen LogP contribution in [0.3, 0.4) is 0 Å². The normalized spacial score (nSPS) is 34.1. The minimum absolute atomic E-state index is 0.248. The lowest BCUT2D eigenvalue weighted by Gasteiger charge is -2.48. The molecule has 0 aromatic carbocycles. The molecule has 0 radical (unpaired) electrons. The minimum atomic E-state index is -0.700. The van der Waals surface area contributed by atoms with Gasteiger partial charge in [0, 0.05) is 13.1 Å². The molecule has 0 aromatic rings. The molecule has 120 valence electrons. The molecule has 3 rings (SSSR count). The van der Waals surface area contributed by atoms with E-state index < -0.39 is 5.60 Å². The highest BCUT2D eigenvalue weighted by Gasteiger charge is 2.48. The van der Waals surface area contributed by atoms with Gasteiger partial charge in [0.05, 0.1) is 5.60 Å². The van der Waals surface area contributed by atoms with Gasteiger partial charge in [-0.3, -0.25) is 9.69 Å². The Morgan fingerprint density at radius 2 is 1.57 bits per heavy atom. The Kier molecular flexibility index (Phi) is 4.28. The van der Waals surface area contributed by atoms with E-state index >= 15 is 0 Å². The van der Waals surface area contributed by atoms with Gasteiger partial charge in [0.15, 0.2) is 0 Å². The number of aliphatic hydroxyl groups is 1. The summed E-state index contributed by atoms with van der Waals surface area (Å²) in [4.78, 5) is 17.8. The van der Waals surface area contributed by atoms with Crippen LogP contribution in [0.2, 0.25) is 0 Å². The fourth-order valence-electron chi connectivity index (χ4n) is 4.63. The summed E-state index contributed by atoms with van der Waals surface area (Å²) in [6, 6.07) is 0. The number of rotatable bonds is 2. The summed E-state index contributed by atoms with van der Waals surface area (Å²) in [5, 5.41) is 10.3. The molecular formula is C17H30N2O2. The van der Waals surface area contributed by atoms with Crippen molar-refractivity contribution in [3.05, 3.63) is 0 Å². The fraction of sp³-hybridized carbons (Fsp3) is 0.941. The summed E-state index contributed by atoms with van der Waals surface area (Å²) in [7, 11) is 0. The second kappa shape index (κ2) is 5.88. The van der Waals surface area contributed by atoms with Crippen molar-refractivity contribution in [2.75, 3.05) is 26.2 Å². The molecule has 1 unspecified atom stereocenters. The first kappa shape index (κ1) is 15.3. The maximum Gasteiger partial charge on any atom is 0.243 e. The summed E-state index contributed by atoms with van der Waals surface area (Å²) in [6.07, 6.45) is 9.84. The SMILES string of the molecule is CC1(O)CCCN(C(=O)C2(N3CCCC3)CCCCC2)C1. The van der Waals surface area contributed by atoms with Gasteiger partial charge < -0.3 is 10.0 Å². The maximum atomic E-state index is 13.3. The van der Waals surface area contributed by atoms with Crippen molar-refractivity contribution in [1.82, 2.24) is 9.80 Å². The Bertz CT molecular complexity index is 382. The van der Waals surface area contributed by atoms with Crippen molar-refractivity contribution < 1.29 is 9.90 Å². The molecule has 0 spiro atoms. The van der Waals surface area contributed by atoms with Gasteiger partial charge in [-0.05, 0) is 58.5 Å². The molecule has 0 bridgehead atoms. The first-order valence-corrected chi connectivity index (χ1v) is 8.80. The third-order valence-corrected chi connectivity index (χ3v) is 5.75. The zero-order valence-corrected chi connectivity index (χ0v) is 13.4. The molecule has 21 heavy (non-hydrogen) atoms. The summed E-state index contributed by atoms with van der Waals surface area (Å²) < 4.78 is 0. The van der Waals surface area contributed by atoms with E-state index in [2.05, 4.69) is 4.90 Å². The molecule has 2 aliphatic heterocycles. The third-order valence-electron chi connectivity index (χ3n) is 5.75. The topological polar surface area (TPSA) is 43.8 Å². The molecular weight excluding hydrogens is 264 g/mol. The van der Waals surface area contributed by atoms with Gasteiger partial charge >= 0.3 is 0 Å². The third kappa shape index (κ3) is 2.98. The molecule has 0 aromatic heterocycles. The Labute approximate surface area is 128 Å². The number of amides is 1. The minimum Gasteiger partial charge on any atom is -0.388 e. The van der Waals surface area contributed by atoms with E-state index in [9.17, 15) is 9.90 Å². The fourth-order valence-corrected chi connectivity index (χ4v) is 4.63. The maximum absolute atomic E-state index is 13.3. The molecule has 1 aliphatic carbocycles. The number of piperidine rings is 1. The highest BCUT2D eigenvalue weighted by Crippen LogP contribution is 2.38. The van der Waals surface area contributed by atoms with Gasteiger partial charge in [-0.2, -0.15) is 0 Å². The van der Waals surface area contributed by atoms with Crippen molar-refractivity contribution in [2.24, 2.45) is 0 Å². The number of β-amino-alcohol motifs (C(OH)–C–C–N with tert-alkyl or cyclic N) is 1. The van der Waals surface area contributed by atoms with Crippen LogP contribution in [0.1, 0.15) is 64.7 Å². The number of carbonyl (C=O) groups is 1. The van der Waals surface area contributed by atoms with Crippen molar-refractivity contribution in [2.45, 2.75) is 75.9 Å². The van der Waals surface area contributed by atoms with Crippen LogP contribution in [0.15, 0.2) is 0 Å². The second-order valence-corrected chi connectivity index (χ2v) is 7.61. The lowest BCUT2D eigenvalue weighted by molar-refractivity contribution is -0.152. The van der Waals surface area contributed by atoms with Gasteiger partial charge in [-0.15, -0.1) is 0 Å². The molecule has 3 aliphatic rings. The quantitative estimate of drug-likeness (QED) is 0.849. The van der Waals surface area contributed by atoms with Crippen LogP contribution in [-0.4, -0.2) is 58.1 Å². The second-order valence-electron chi connectivity index (χ2n) is 7.61. The average molecular weight is 294 g/mol. The number of likely N-dealkylation sites (tertiary alicyclic amines) is 2. The van der Waals surface area contributed by atoms with Crippen molar-refractivity contribution in [1.29, 1.82) is 0 Å². The average Bonchev–Trinajstić information content (AvgIpc) is 3.01. The van der Waals surface area contributed by atoms with Crippen molar-refractivity contribution in [3.8, 4) is 0 Å². The van der Waals surface area contributed by atoms with Crippen LogP contribution in [-0.2, 0) is 4.79 Å². The van der Waals surface area contributed by atoms with E-state index in [0.717, 1.165) is 45.3 Å². The van der Waals surface area contributed by atoms with Gasteiger partial charge in [0.1, 0.15) is 5.54 Å². The highest BCUT2D eigenvalue weighted by atomic mass is 16.3. The Morgan fingerprint density at radius 1 is 0.905 bits per heavy atom. The molecule has 2 saturated heterocycles. The van der Waals surface area contributed by atoms with E-state index in [4.69, 9.17) is 0 Å². The van der Waals surface area contributed by atoms with Gasteiger partial charge in [0.25, 0.3) is 0 Å². The smallest absolute Gasteiger partial charge is 0.243 e. The lowest BCUT2D eigenvalue weighted by atomic mass is 9.78. The molecule has 4 heteroatoms. The Morgan fingerprint density at radius 3 is 2.19 bits per heavy atom. The van der Waals surface area contributed by atoms with Gasteiger partial charge in [-0.1, -0.05) is 19.3 Å². The first-order chi connectivity index (χ1) is 10.0. The predicted molar refractivity (Wildman–Crippen MR) is 83.1 cm³/mol. The summed E-state index contributed by atoms with van der Waals surface area (Å²) in [6.45, 7) is 5.37. The molecule has 1 saturated carbocycles. The molecule has 1 N–H and O–H groups in total. The number of hydrogen-bond donors (Lipinski definition) is 1. The van der Waals surface area contributed by atoms with Crippen LogP contribution >= 0.6 is 0 Å². The van der Waals surface area contributed by atoms with Gasteiger partial charge in [0.2, 0.25) is 5.91 Å². The van der Waals surface area contributed by atoms with E-state index in [1.165, 1.54) is 32.1 Å². The zero-order chi connectivity index (χ0) is 14.9.